The molecule has 98 valence electrons. The summed E-state index contributed by atoms with van der Waals surface area (Å²) in [5.41, 5.74) is 1.33. The van der Waals surface area contributed by atoms with E-state index in [1.165, 1.54) is 6.92 Å². The van der Waals surface area contributed by atoms with Crippen LogP contribution in [-0.2, 0) is 9.59 Å². The van der Waals surface area contributed by atoms with Crippen molar-refractivity contribution in [2.75, 3.05) is 10.6 Å². The van der Waals surface area contributed by atoms with E-state index in [1.54, 1.807) is 24.3 Å². The molecule has 0 aliphatic carbocycles. The van der Waals surface area contributed by atoms with E-state index in [9.17, 15) is 9.59 Å². The lowest BCUT2D eigenvalue weighted by Crippen LogP contribution is -2.27. The van der Waals surface area contributed by atoms with Gasteiger partial charge in [0.1, 0.15) is 0 Å². The van der Waals surface area contributed by atoms with Gasteiger partial charge in [0.05, 0.1) is 4.83 Å². The van der Waals surface area contributed by atoms with Crippen molar-refractivity contribution >= 4 is 39.1 Å². The molecule has 0 heterocycles. The van der Waals surface area contributed by atoms with Gasteiger partial charge in [0.2, 0.25) is 11.8 Å². The Morgan fingerprint density at radius 2 is 1.72 bits per heavy atom. The third-order valence-electron chi connectivity index (χ3n) is 2.29. The van der Waals surface area contributed by atoms with Crippen LogP contribution in [0.4, 0.5) is 11.4 Å². The maximum atomic E-state index is 11.8. The van der Waals surface area contributed by atoms with Crippen LogP contribution in [0.1, 0.15) is 20.8 Å². The molecule has 0 saturated heterocycles. The Morgan fingerprint density at radius 1 is 1.17 bits per heavy atom. The van der Waals surface area contributed by atoms with E-state index in [-0.39, 0.29) is 22.6 Å². The highest BCUT2D eigenvalue weighted by atomic mass is 79.9. The lowest BCUT2D eigenvalue weighted by Gasteiger charge is -2.14. The molecule has 1 rings (SSSR count). The monoisotopic (exact) mass is 312 g/mol. The molecule has 0 bridgehead atoms. The molecule has 1 aromatic rings. The van der Waals surface area contributed by atoms with E-state index < -0.39 is 0 Å². The van der Waals surface area contributed by atoms with Crippen LogP contribution >= 0.6 is 15.9 Å². The number of halogens is 1. The molecule has 0 aromatic heterocycles. The fourth-order valence-electron chi connectivity index (χ4n) is 1.39. The van der Waals surface area contributed by atoms with Crippen molar-refractivity contribution in [2.24, 2.45) is 5.92 Å². The van der Waals surface area contributed by atoms with Gasteiger partial charge in [-0.1, -0.05) is 35.8 Å². The van der Waals surface area contributed by atoms with Crippen LogP contribution in [-0.4, -0.2) is 16.6 Å². The first-order valence-corrected chi connectivity index (χ1v) is 6.64. The summed E-state index contributed by atoms with van der Waals surface area (Å²) in [7, 11) is 0. The predicted molar refractivity (Wildman–Crippen MR) is 76.9 cm³/mol. The van der Waals surface area contributed by atoms with Crippen molar-refractivity contribution in [3.05, 3.63) is 24.3 Å². The zero-order chi connectivity index (χ0) is 13.7. The molecule has 2 N–H and O–H groups in total. The third-order valence-corrected chi connectivity index (χ3v) is 3.76. The minimum Gasteiger partial charge on any atom is -0.326 e. The second-order valence-electron chi connectivity index (χ2n) is 4.40. The zero-order valence-corrected chi connectivity index (χ0v) is 12.2. The molecule has 0 fully saturated rings. The van der Waals surface area contributed by atoms with Crippen LogP contribution in [0.15, 0.2) is 24.3 Å². The molecule has 0 spiro atoms. The van der Waals surface area contributed by atoms with E-state index in [4.69, 9.17) is 0 Å². The number of carbonyl (C=O) groups is 2. The van der Waals surface area contributed by atoms with Crippen molar-refractivity contribution in [2.45, 2.75) is 25.6 Å². The average molecular weight is 313 g/mol. The lowest BCUT2D eigenvalue weighted by molar-refractivity contribution is -0.116. The van der Waals surface area contributed by atoms with Gasteiger partial charge in [-0.15, -0.1) is 0 Å². The number of rotatable bonds is 4. The quantitative estimate of drug-likeness (QED) is 0.840. The summed E-state index contributed by atoms with van der Waals surface area (Å²) in [5, 5.41) is 5.47. The first kappa shape index (κ1) is 14.7. The molecule has 0 saturated carbocycles. The first-order valence-electron chi connectivity index (χ1n) is 5.72. The molecular weight excluding hydrogens is 296 g/mol. The number of benzene rings is 1. The fourth-order valence-corrected chi connectivity index (χ4v) is 1.51. The number of carbonyl (C=O) groups excluding carboxylic acids is 2. The highest BCUT2D eigenvalue weighted by Crippen LogP contribution is 2.18. The minimum absolute atomic E-state index is 0.0926. The Bertz CT molecular complexity index is 446. The summed E-state index contributed by atoms with van der Waals surface area (Å²) in [5.74, 6) is -0.0208. The maximum absolute atomic E-state index is 11.8. The Hall–Kier alpha value is -1.36. The Morgan fingerprint density at radius 3 is 2.22 bits per heavy atom. The maximum Gasteiger partial charge on any atom is 0.238 e. The van der Waals surface area contributed by atoms with E-state index >= 15 is 0 Å². The van der Waals surface area contributed by atoms with Crippen LogP contribution in [0.3, 0.4) is 0 Å². The van der Waals surface area contributed by atoms with Crippen molar-refractivity contribution < 1.29 is 9.59 Å². The van der Waals surface area contributed by atoms with Crippen LogP contribution in [0.25, 0.3) is 0 Å². The highest BCUT2D eigenvalue weighted by molar-refractivity contribution is 9.10. The van der Waals surface area contributed by atoms with Gasteiger partial charge >= 0.3 is 0 Å². The summed E-state index contributed by atoms with van der Waals surface area (Å²) in [4.78, 5) is 22.5. The number of hydrogen-bond donors (Lipinski definition) is 2. The second-order valence-corrected chi connectivity index (χ2v) is 5.38. The van der Waals surface area contributed by atoms with Crippen molar-refractivity contribution in [3.63, 3.8) is 0 Å². The van der Waals surface area contributed by atoms with Gasteiger partial charge in [0.15, 0.2) is 0 Å². The van der Waals surface area contributed by atoms with Crippen LogP contribution < -0.4 is 10.6 Å². The number of amides is 2. The standard InChI is InChI=1S/C13H17BrN2O2/c1-8(2)12(14)13(18)16-11-6-4-5-10(7-11)15-9(3)17/h4-8,12H,1-3H3,(H,15,17)(H,16,18). The van der Waals surface area contributed by atoms with E-state index in [1.807, 2.05) is 13.8 Å². The molecule has 0 aliphatic rings. The molecule has 1 unspecified atom stereocenters. The fraction of sp³-hybridized carbons (Fsp3) is 0.385. The Balaban J connectivity index is 2.73. The summed E-state index contributed by atoms with van der Waals surface area (Å²) in [6.45, 7) is 5.37. The summed E-state index contributed by atoms with van der Waals surface area (Å²) in [6.07, 6.45) is 0. The number of hydrogen-bond acceptors (Lipinski definition) is 2. The molecule has 2 amide bonds. The van der Waals surface area contributed by atoms with Crippen molar-refractivity contribution in [3.8, 4) is 0 Å². The van der Waals surface area contributed by atoms with Crippen molar-refractivity contribution in [1.29, 1.82) is 0 Å². The summed E-state index contributed by atoms with van der Waals surface area (Å²) in [6, 6.07) is 7.05. The highest BCUT2D eigenvalue weighted by Gasteiger charge is 2.18. The van der Waals surface area contributed by atoms with E-state index in [2.05, 4.69) is 26.6 Å². The molecule has 1 atom stereocenters. The molecule has 4 nitrogen and oxygen atoms in total. The number of nitrogens with one attached hydrogen (secondary N) is 2. The van der Waals surface area contributed by atoms with Gasteiger partial charge in [-0.2, -0.15) is 0 Å². The van der Waals surface area contributed by atoms with Gasteiger partial charge in [0.25, 0.3) is 0 Å². The molecule has 5 heteroatoms. The molecule has 0 radical (unpaired) electrons. The van der Waals surface area contributed by atoms with Gasteiger partial charge in [0, 0.05) is 18.3 Å². The van der Waals surface area contributed by atoms with E-state index in [0.717, 1.165) is 0 Å². The van der Waals surface area contributed by atoms with Gasteiger partial charge in [-0.3, -0.25) is 9.59 Å². The molecule has 1 aromatic carbocycles. The SMILES string of the molecule is CC(=O)Nc1cccc(NC(=O)C(Br)C(C)C)c1. The van der Waals surface area contributed by atoms with Gasteiger partial charge in [-0.25, -0.2) is 0 Å². The number of alkyl halides is 1. The van der Waals surface area contributed by atoms with Crippen LogP contribution in [0, 0.1) is 5.92 Å². The Labute approximate surface area is 115 Å². The van der Waals surface area contributed by atoms with Crippen LogP contribution in [0.2, 0.25) is 0 Å². The van der Waals surface area contributed by atoms with Crippen molar-refractivity contribution in [1.82, 2.24) is 0 Å². The summed E-state index contributed by atoms with van der Waals surface area (Å²) >= 11 is 3.34. The van der Waals surface area contributed by atoms with E-state index in [0.29, 0.717) is 11.4 Å². The second kappa shape index (κ2) is 6.54. The smallest absolute Gasteiger partial charge is 0.238 e. The average Bonchev–Trinajstić information content (AvgIpc) is 2.27. The van der Waals surface area contributed by atoms with Gasteiger partial charge < -0.3 is 10.6 Å². The van der Waals surface area contributed by atoms with Crippen LogP contribution in [0.5, 0.6) is 0 Å². The topological polar surface area (TPSA) is 58.2 Å². The number of anilines is 2. The molecule has 18 heavy (non-hydrogen) atoms. The minimum atomic E-state index is -0.234. The van der Waals surface area contributed by atoms with Gasteiger partial charge in [-0.05, 0) is 24.1 Å². The Kier molecular flexibility index (Phi) is 5.34. The molecular formula is C13H17BrN2O2. The first-order chi connectivity index (χ1) is 8.40. The zero-order valence-electron chi connectivity index (χ0n) is 10.7. The molecule has 0 aliphatic heterocycles. The lowest BCUT2D eigenvalue weighted by atomic mass is 10.1. The largest absolute Gasteiger partial charge is 0.326 e. The predicted octanol–water partition coefficient (Wildman–Crippen LogP) is 3.00. The summed E-state index contributed by atoms with van der Waals surface area (Å²) < 4.78 is 0. The normalized spacial score (nSPS) is 12.1. The third kappa shape index (κ3) is 4.49.